The molecule has 0 bridgehead atoms. The molecule has 1 atom stereocenters. The highest BCUT2D eigenvalue weighted by atomic mass is 79.9. The van der Waals surface area contributed by atoms with Crippen LogP contribution in [0.15, 0.2) is 22.8 Å². The molecular weight excluding hydrogens is 304 g/mol. The fraction of sp³-hybridized carbons (Fsp3) is 0.600. The van der Waals surface area contributed by atoms with Crippen molar-refractivity contribution in [2.24, 2.45) is 5.92 Å². The van der Waals surface area contributed by atoms with Gasteiger partial charge in [-0.2, -0.15) is 0 Å². The first kappa shape index (κ1) is 13.1. The molecule has 1 saturated carbocycles. The number of carbonyl (C=O) groups is 1. The predicted octanol–water partition coefficient (Wildman–Crippen LogP) is 3.64. The number of halogens is 1. The highest BCUT2D eigenvalue weighted by Gasteiger charge is 2.36. The van der Waals surface area contributed by atoms with Crippen LogP contribution < -0.4 is 0 Å². The number of nitrogens with zero attached hydrogens (tertiary/aromatic N) is 2. The predicted molar refractivity (Wildman–Crippen MR) is 78.0 cm³/mol. The Bertz CT molecular complexity index is 471. The Morgan fingerprint density at radius 2 is 2.00 bits per heavy atom. The van der Waals surface area contributed by atoms with Crippen molar-refractivity contribution in [1.29, 1.82) is 0 Å². The van der Waals surface area contributed by atoms with Crippen LogP contribution in [-0.2, 0) is 0 Å². The molecule has 3 nitrogen and oxygen atoms in total. The highest BCUT2D eigenvalue weighted by molar-refractivity contribution is 9.10. The molecular formula is C15H19BrN2O. The van der Waals surface area contributed by atoms with Gasteiger partial charge in [-0.25, -0.2) is 4.98 Å². The summed E-state index contributed by atoms with van der Waals surface area (Å²) in [5, 5.41) is 0. The molecule has 0 N–H and O–H groups in total. The third kappa shape index (κ3) is 2.69. The van der Waals surface area contributed by atoms with Crippen molar-refractivity contribution in [1.82, 2.24) is 9.88 Å². The lowest BCUT2D eigenvalue weighted by atomic mass is 9.96. The van der Waals surface area contributed by atoms with Crippen molar-refractivity contribution in [3.05, 3.63) is 28.5 Å². The van der Waals surface area contributed by atoms with Crippen molar-refractivity contribution in [2.45, 2.75) is 44.6 Å². The van der Waals surface area contributed by atoms with E-state index in [0.29, 0.717) is 11.7 Å². The fourth-order valence-electron chi connectivity index (χ4n) is 3.55. The molecule has 2 heterocycles. The second kappa shape index (κ2) is 5.61. The van der Waals surface area contributed by atoms with Crippen molar-refractivity contribution in [3.63, 3.8) is 0 Å². The first-order valence-corrected chi connectivity index (χ1v) is 7.98. The lowest BCUT2D eigenvalue weighted by Crippen LogP contribution is -2.39. The van der Waals surface area contributed by atoms with Gasteiger partial charge in [-0.1, -0.05) is 18.9 Å². The van der Waals surface area contributed by atoms with Gasteiger partial charge in [0.05, 0.1) is 0 Å². The number of likely N-dealkylation sites (tertiary alicyclic amines) is 1. The summed E-state index contributed by atoms with van der Waals surface area (Å²) in [4.78, 5) is 19.0. The van der Waals surface area contributed by atoms with E-state index < -0.39 is 0 Å². The maximum Gasteiger partial charge on any atom is 0.272 e. The average Bonchev–Trinajstić information content (AvgIpc) is 3.08. The van der Waals surface area contributed by atoms with E-state index in [1.54, 1.807) is 0 Å². The summed E-state index contributed by atoms with van der Waals surface area (Å²) in [5.41, 5.74) is 0.569. The van der Waals surface area contributed by atoms with Crippen LogP contribution >= 0.6 is 15.9 Å². The van der Waals surface area contributed by atoms with Crippen molar-refractivity contribution >= 4 is 21.8 Å². The first-order chi connectivity index (χ1) is 9.25. The van der Waals surface area contributed by atoms with Crippen molar-refractivity contribution in [3.8, 4) is 0 Å². The molecule has 3 rings (SSSR count). The highest BCUT2D eigenvalue weighted by Crippen LogP contribution is 2.35. The Hall–Kier alpha value is -0.900. The van der Waals surface area contributed by atoms with Gasteiger partial charge in [0.25, 0.3) is 5.91 Å². The van der Waals surface area contributed by atoms with Gasteiger partial charge >= 0.3 is 0 Å². The number of rotatable bonds is 2. The van der Waals surface area contributed by atoms with Gasteiger partial charge in [0, 0.05) is 12.6 Å². The van der Waals surface area contributed by atoms with Crippen molar-refractivity contribution in [2.75, 3.05) is 6.54 Å². The van der Waals surface area contributed by atoms with E-state index in [-0.39, 0.29) is 5.91 Å². The van der Waals surface area contributed by atoms with Gasteiger partial charge in [0.2, 0.25) is 0 Å². The minimum atomic E-state index is 0.107. The third-order valence-electron chi connectivity index (χ3n) is 4.44. The summed E-state index contributed by atoms with van der Waals surface area (Å²) in [6, 6.07) is 6.01. The zero-order valence-corrected chi connectivity index (χ0v) is 12.6. The molecule has 4 heteroatoms. The van der Waals surface area contributed by atoms with Crippen LogP contribution in [0.1, 0.15) is 49.0 Å². The van der Waals surface area contributed by atoms with Crippen LogP contribution in [-0.4, -0.2) is 28.4 Å². The smallest absolute Gasteiger partial charge is 0.272 e. The van der Waals surface area contributed by atoms with E-state index in [9.17, 15) is 4.79 Å². The molecule has 1 aliphatic heterocycles. The van der Waals surface area contributed by atoms with Gasteiger partial charge in [-0.15, -0.1) is 0 Å². The van der Waals surface area contributed by atoms with Gasteiger partial charge < -0.3 is 4.90 Å². The normalized spacial score (nSPS) is 24.1. The van der Waals surface area contributed by atoms with Gasteiger partial charge in [-0.05, 0) is 59.7 Å². The number of aromatic nitrogens is 1. The Kier molecular flexibility index (Phi) is 3.87. The monoisotopic (exact) mass is 322 g/mol. The topological polar surface area (TPSA) is 33.2 Å². The molecule has 1 aromatic rings. The standard InChI is InChI=1S/C15H19BrN2O/c16-14-9-3-7-12(17-14)15(19)18-10-4-8-13(18)11-5-1-2-6-11/h3,7,9,11,13H,1-2,4-6,8,10H2. The maximum atomic E-state index is 12.6. The summed E-state index contributed by atoms with van der Waals surface area (Å²) in [5.74, 6) is 0.828. The quantitative estimate of drug-likeness (QED) is 0.779. The SMILES string of the molecule is O=C(c1cccc(Br)n1)N1CCCC1C1CCCC1. The van der Waals surface area contributed by atoms with Crippen LogP contribution in [0.25, 0.3) is 0 Å². The number of pyridine rings is 1. The zero-order valence-electron chi connectivity index (χ0n) is 11.0. The lowest BCUT2D eigenvalue weighted by Gasteiger charge is -2.29. The molecule has 0 spiro atoms. The van der Waals surface area contributed by atoms with Gasteiger partial charge in [0.15, 0.2) is 0 Å². The first-order valence-electron chi connectivity index (χ1n) is 7.19. The van der Waals surface area contributed by atoms with Crippen molar-refractivity contribution < 1.29 is 4.79 Å². The van der Waals surface area contributed by atoms with E-state index in [1.807, 2.05) is 18.2 Å². The molecule has 1 aromatic heterocycles. The summed E-state index contributed by atoms with van der Waals surface area (Å²) < 4.78 is 0.731. The van der Waals surface area contributed by atoms with Crippen LogP contribution in [0.4, 0.5) is 0 Å². The van der Waals surface area contributed by atoms with Crippen LogP contribution in [0.2, 0.25) is 0 Å². The minimum Gasteiger partial charge on any atom is -0.334 e. The Morgan fingerprint density at radius 1 is 1.21 bits per heavy atom. The molecule has 19 heavy (non-hydrogen) atoms. The van der Waals surface area contributed by atoms with E-state index in [0.717, 1.165) is 23.5 Å². The molecule has 1 amide bonds. The second-order valence-electron chi connectivity index (χ2n) is 5.60. The number of hydrogen-bond donors (Lipinski definition) is 0. The number of amides is 1. The minimum absolute atomic E-state index is 0.107. The van der Waals surface area contributed by atoms with E-state index in [2.05, 4.69) is 25.8 Å². The van der Waals surface area contributed by atoms with E-state index in [4.69, 9.17) is 0 Å². The number of carbonyl (C=O) groups excluding carboxylic acids is 1. The molecule has 0 aromatic carbocycles. The van der Waals surface area contributed by atoms with Gasteiger partial charge in [-0.3, -0.25) is 4.79 Å². The average molecular weight is 323 g/mol. The molecule has 0 radical (unpaired) electrons. The molecule has 2 fully saturated rings. The van der Waals surface area contributed by atoms with E-state index >= 15 is 0 Å². The van der Waals surface area contributed by atoms with Gasteiger partial charge in [0.1, 0.15) is 10.3 Å². The fourth-order valence-corrected chi connectivity index (χ4v) is 3.90. The maximum absolute atomic E-state index is 12.6. The summed E-state index contributed by atoms with van der Waals surface area (Å²) in [7, 11) is 0. The molecule has 1 aliphatic carbocycles. The summed E-state index contributed by atoms with van der Waals surface area (Å²) >= 11 is 3.34. The third-order valence-corrected chi connectivity index (χ3v) is 4.88. The molecule has 2 aliphatic rings. The van der Waals surface area contributed by atoms with Crippen LogP contribution in [0, 0.1) is 5.92 Å². The van der Waals surface area contributed by atoms with Crippen LogP contribution in [0.3, 0.4) is 0 Å². The molecule has 1 saturated heterocycles. The van der Waals surface area contributed by atoms with E-state index in [1.165, 1.54) is 32.1 Å². The zero-order chi connectivity index (χ0) is 13.2. The Labute approximate surface area is 122 Å². The van der Waals surface area contributed by atoms with Crippen LogP contribution in [0.5, 0.6) is 0 Å². The summed E-state index contributed by atoms with van der Waals surface area (Å²) in [6.07, 6.45) is 7.56. The Morgan fingerprint density at radius 3 is 2.74 bits per heavy atom. The number of hydrogen-bond acceptors (Lipinski definition) is 2. The molecule has 1 unspecified atom stereocenters. The summed E-state index contributed by atoms with van der Waals surface area (Å²) in [6.45, 7) is 0.897. The molecule has 102 valence electrons. The lowest BCUT2D eigenvalue weighted by molar-refractivity contribution is 0.0683. The Balaban J connectivity index is 1.78. The largest absolute Gasteiger partial charge is 0.334 e. The second-order valence-corrected chi connectivity index (χ2v) is 6.41.